The Kier molecular flexibility index (Phi) is 3.53. The van der Waals surface area contributed by atoms with Crippen molar-refractivity contribution in [2.45, 2.75) is 18.3 Å². The second kappa shape index (κ2) is 4.74. The van der Waals surface area contributed by atoms with Gasteiger partial charge in [0, 0.05) is 17.5 Å². The van der Waals surface area contributed by atoms with Crippen molar-refractivity contribution in [3.8, 4) is 0 Å². The molecule has 0 aliphatic heterocycles. The summed E-state index contributed by atoms with van der Waals surface area (Å²) in [6, 6.07) is 8.05. The second-order valence-corrected chi connectivity index (χ2v) is 5.11. The average Bonchev–Trinajstić information content (AvgIpc) is 2.24. The molecular formula is C13H18ClNO. The van der Waals surface area contributed by atoms with E-state index in [0.29, 0.717) is 5.92 Å². The molecule has 0 unspecified atom stereocenters. The smallest absolute Gasteiger partial charge is 0.0559 e. The van der Waals surface area contributed by atoms with Gasteiger partial charge in [0.1, 0.15) is 0 Å². The predicted molar refractivity (Wildman–Crippen MR) is 66.8 cm³/mol. The third-order valence-corrected chi connectivity index (χ3v) is 3.89. The summed E-state index contributed by atoms with van der Waals surface area (Å²) >= 11 is 6.26. The fourth-order valence-electron chi connectivity index (χ4n) is 2.80. The van der Waals surface area contributed by atoms with Gasteiger partial charge in [0.25, 0.3) is 0 Å². The van der Waals surface area contributed by atoms with E-state index in [9.17, 15) is 0 Å². The minimum absolute atomic E-state index is 0.0944. The lowest BCUT2D eigenvalue weighted by molar-refractivity contribution is 0.0424. The zero-order valence-corrected chi connectivity index (χ0v) is 10.3. The molecule has 2 nitrogen and oxygen atoms in total. The number of halogens is 1. The van der Waals surface area contributed by atoms with Crippen molar-refractivity contribution in [2.24, 2.45) is 11.7 Å². The Bertz CT molecular complexity index is 361. The first-order valence-electron chi connectivity index (χ1n) is 5.66. The van der Waals surface area contributed by atoms with E-state index in [1.165, 1.54) is 5.56 Å². The number of hydrogen-bond donors (Lipinski definition) is 1. The summed E-state index contributed by atoms with van der Waals surface area (Å²) in [4.78, 5) is 0. The summed E-state index contributed by atoms with van der Waals surface area (Å²) in [5.41, 5.74) is 7.00. The van der Waals surface area contributed by atoms with Crippen LogP contribution in [-0.2, 0) is 10.2 Å². The van der Waals surface area contributed by atoms with Gasteiger partial charge in [-0.25, -0.2) is 0 Å². The maximum Gasteiger partial charge on any atom is 0.0559 e. The van der Waals surface area contributed by atoms with Gasteiger partial charge in [-0.05, 0) is 36.9 Å². The first-order chi connectivity index (χ1) is 7.72. The summed E-state index contributed by atoms with van der Waals surface area (Å²) in [6.45, 7) is 1.49. The monoisotopic (exact) mass is 239 g/mol. The summed E-state index contributed by atoms with van der Waals surface area (Å²) in [5.74, 6) is 0.617. The minimum Gasteiger partial charge on any atom is -0.384 e. The van der Waals surface area contributed by atoms with Crippen molar-refractivity contribution in [3.63, 3.8) is 0 Å². The normalized spacial score (nSPS) is 28.8. The predicted octanol–water partition coefficient (Wildman–Crippen LogP) is 2.59. The van der Waals surface area contributed by atoms with Gasteiger partial charge in [-0.1, -0.05) is 29.8 Å². The molecule has 0 amide bonds. The number of rotatable bonds is 4. The SMILES string of the molecule is COCC1(c2ccccc2Cl)CC(CN)C1. The molecule has 1 aromatic rings. The molecule has 0 spiro atoms. The zero-order valence-electron chi connectivity index (χ0n) is 9.58. The lowest BCUT2D eigenvalue weighted by Gasteiger charge is -2.48. The summed E-state index contributed by atoms with van der Waals surface area (Å²) in [6.07, 6.45) is 2.17. The van der Waals surface area contributed by atoms with Crippen LogP contribution in [0.15, 0.2) is 24.3 Å². The lowest BCUT2D eigenvalue weighted by Crippen LogP contribution is -2.47. The maximum atomic E-state index is 6.26. The Hall–Kier alpha value is -0.570. The first-order valence-corrected chi connectivity index (χ1v) is 6.03. The second-order valence-electron chi connectivity index (χ2n) is 4.70. The van der Waals surface area contributed by atoms with Crippen molar-refractivity contribution in [2.75, 3.05) is 20.3 Å². The van der Waals surface area contributed by atoms with Crippen LogP contribution in [0.3, 0.4) is 0 Å². The summed E-state index contributed by atoms with van der Waals surface area (Å²) < 4.78 is 5.35. The van der Waals surface area contributed by atoms with Crippen LogP contribution in [0.25, 0.3) is 0 Å². The van der Waals surface area contributed by atoms with Gasteiger partial charge in [-0.3, -0.25) is 0 Å². The first kappa shape index (κ1) is 11.9. The topological polar surface area (TPSA) is 35.2 Å². The molecule has 1 saturated carbocycles. The quantitative estimate of drug-likeness (QED) is 0.877. The highest BCUT2D eigenvalue weighted by atomic mass is 35.5. The van der Waals surface area contributed by atoms with Crippen LogP contribution in [0.1, 0.15) is 18.4 Å². The molecule has 2 N–H and O–H groups in total. The molecule has 0 aromatic heterocycles. The van der Waals surface area contributed by atoms with Gasteiger partial charge < -0.3 is 10.5 Å². The van der Waals surface area contributed by atoms with E-state index in [-0.39, 0.29) is 5.41 Å². The highest BCUT2D eigenvalue weighted by Gasteiger charge is 2.45. The van der Waals surface area contributed by atoms with Crippen LogP contribution >= 0.6 is 11.6 Å². The Morgan fingerprint density at radius 2 is 2.12 bits per heavy atom. The molecule has 0 radical (unpaired) electrons. The molecule has 0 atom stereocenters. The Morgan fingerprint density at radius 1 is 1.44 bits per heavy atom. The van der Waals surface area contributed by atoms with Crippen molar-refractivity contribution < 1.29 is 4.74 Å². The van der Waals surface area contributed by atoms with E-state index in [4.69, 9.17) is 22.1 Å². The molecule has 1 aliphatic carbocycles. The van der Waals surface area contributed by atoms with Crippen LogP contribution in [-0.4, -0.2) is 20.3 Å². The fourth-order valence-corrected chi connectivity index (χ4v) is 3.13. The van der Waals surface area contributed by atoms with Gasteiger partial charge in [-0.15, -0.1) is 0 Å². The molecule has 1 aromatic carbocycles. The highest BCUT2D eigenvalue weighted by Crippen LogP contribution is 2.49. The zero-order chi connectivity index (χ0) is 11.6. The number of nitrogens with two attached hydrogens (primary N) is 1. The van der Waals surface area contributed by atoms with Crippen LogP contribution in [0.2, 0.25) is 5.02 Å². The van der Waals surface area contributed by atoms with Crippen LogP contribution < -0.4 is 5.73 Å². The Morgan fingerprint density at radius 3 is 2.69 bits per heavy atom. The van der Waals surface area contributed by atoms with E-state index in [1.54, 1.807) is 7.11 Å². The van der Waals surface area contributed by atoms with E-state index in [1.807, 2.05) is 18.2 Å². The largest absolute Gasteiger partial charge is 0.384 e. The van der Waals surface area contributed by atoms with Gasteiger partial charge in [0.05, 0.1) is 6.61 Å². The molecule has 3 heteroatoms. The molecule has 0 heterocycles. The van der Waals surface area contributed by atoms with Crippen LogP contribution in [0, 0.1) is 5.92 Å². The van der Waals surface area contributed by atoms with Crippen molar-refractivity contribution in [1.29, 1.82) is 0 Å². The molecule has 2 rings (SSSR count). The molecule has 0 bridgehead atoms. The molecule has 1 fully saturated rings. The van der Waals surface area contributed by atoms with E-state index < -0.39 is 0 Å². The van der Waals surface area contributed by atoms with Crippen molar-refractivity contribution >= 4 is 11.6 Å². The third-order valence-electron chi connectivity index (χ3n) is 3.56. The average molecular weight is 240 g/mol. The molecule has 1 aliphatic rings. The molecule has 0 saturated heterocycles. The minimum atomic E-state index is 0.0944. The fraction of sp³-hybridized carbons (Fsp3) is 0.538. The van der Waals surface area contributed by atoms with Crippen LogP contribution in [0.5, 0.6) is 0 Å². The van der Waals surface area contributed by atoms with Gasteiger partial charge in [0.15, 0.2) is 0 Å². The summed E-state index contributed by atoms with van der Waals surface area (Å²) in [7, 11) is 1.74. The third kappa shape index (κ3) is 1.97. The Labute approximate surface area is 102 Å². The molecule has 88 valence electrons. The van der Waals surface area contributed by atoms with E-state index >= 15 is 0 Å². The number of benzene rings is 1. The van der Waals surface area contributed by atoms with E-state index in [2.05, 4.69) is 6.07 Å². The maximum absolute atomic E-state index is 6.26. The van der Waals surface area contributed by atoms with Crippen LogP contribution in [0.4, 0.5) is 0 Å². The number of hydrogen-bond acceptors (Lipinski definition) is 2. The highest BCUT2D eigenvalue weighted by molar-refractivity contribution is 6.31. The van der Waals surface area contributed by atoms with Crippen molar-refractivity contribution in [3.05, 3.63) is 34.9 Å². The van der Waals surface area contributed by atoms with Gasteiger partial charge in [0.2, 0.25) is 0 Å². The lowest BCUT2D eigenvalue weighted by atomic mass is 9.59. The van der Waals surface area contributed by atoms with Gasteiger partial charge in [-0.2, -0.15) is 0 Å². The summed E-state index contributed by atoms with van der Waals surface area (Å²) in [5, 5.41) is 0.843. The number of ether oxygens (including phenoxy) is 1. The number of methoxy groups -OCH3 is 1. The van der Waals surface area contributed by atoms with Crippen molar-refractivity contribution in [1.82, 2.24) is 0 Å². The standard InChI is InChI=1S/C13H18ClNO/c1-16-9-13(6-10(7-13)8-15)11-4-2-3-5-12(11)14/h2-5,10H,6-9,15H2,1H3. The molecular weight excluding hydrogens is 222 g/mol. The van der Waals surface area contributed by atoms with E-state index in [0.717, 1.165) is 31.0 Å². The molecule has 16 heavy (non-hydrogen) atoms. The van der Waals surface area contributed by atoms with Gasteiger partial charge >= 0.3 is 0 Å². The Balaban J connectivity index is 2.24.